The summed E-state index contributed by atoms with van der Waals surface area (Å²) < 4.78 is 24.4. The molecule has 3 aliphatic heterocycles. The van der Waals surface area contributed by atoms with Gasteiger partial charge >= 0.3 is 103 Å². The van der Waals surface area contributed by atoms with Gasteiger partial charge in [0.15, 0.2) is 15.4 Å². The number of ether oxygens (including phenoxy) is 1. The van der Waals surface area contributed by atoms with E-state index in [1.807, 2.05) is 12.4 Å². The number of alkyl halides is 1. The zero-order valence-corrected chi connectivity index (χ0v) is 71.2. The summed E-state index contributed by atoms with van der Waals surface area (Å²) in [5.74, 6) is -0.517. The SMILES string of the molecule is Br.C.C=CC(=O)Nc1cccc(C(=O)Nc2ncc(N3CCN(CC)CC3)s2)c1.C=CC(=O)Nc1cccc(OC=O)c1.CCN1CCN(c2cnc(N)s2)CC1.CCN1CCNCC1.CN=P.Nc1ncc(Br)s1.O=CO[O-].[2H]CF.[B][B]B([B])B(B(B([B])[B])B([B])[B])B(B([B])[B])B([B])[B].[H-].[K+].[K+]. The predicted octanol–water partition coefficient (Wildman–Crippen LogP) is -5.66. The van der Waals surface area contributed by atoms with Gasteiger partial charge in [-0.3, -0.25) is 38.4 Å². The quantitative estimate of drug-likeness (QED) is 0.00940. The van der Waals surface area contributed by atoms with Crippen LogP contribution >= 0.6 is 76.0 Å². The van der Waals surface area contributed by atoms with Crippen molar-refractivity contribution in [2.75, 3.05) is 150 Å². The number of halogens is 3. The fourth-order valence-corrected chi connectivity index (χ4v) is 11.8. The standard InChI is InChI=1S/C19H23N5O2S.C10H9NO3.C9H16N4S.C6H14N2.C3H3BrN2S.CH3F.CH4NP.CH2O3.CH4.B19.BrH.2K.H/c1-3-16(25)21-15-7-5-6-14(12-15)18(26)22-19-20-13-17(27-19)24-10-8-23(4-2)9-11-24;1-2-10(13)11-8-4-3-5-9(6-8)14-7-12;1-2-12-3-5-13(6-4-12)8-7-11-9(10)14-8;1-2-8-5-3-7-4-6-8;4-2-1-6-3(5)7-2;1-2;1-2-3;2-1-4-3;;1-11-16(10)19(17(12(2)3)13(4)5)18(14(6)7)15(8)9;;;;/h3,5-7,12-13H,1,4,8-11H2,2H3,(H,21,25)(H,20,22,26);2-7H,1H2,(H,11,13);7H,2-6H2,1H3,(H2,10,11);7H,2-6H2,1H3;1H,(H2,5,6);1H3;3H,1H3;1,3H;1H4;;1H;;;/q;;;;;;;;;;;2*+1;-1/p-1/i;;;;;1D;;;;;;;;. The number of nitrogen functional groups attached to an aromatic ring is 2. The molecule has 0 atom stereocenters. The third-order valence-corrected chi connectivity index (χ3v) is 17.2. The van der Waals surface area contributed by atoms with Gasteiger partial charge in [-0.15, -0.1) is 17.0 Å². The summed E-state index contributed by atoms with van der Waals surface area (Å²) in [5, 5.41) is 23.9. The number of thiazole rings is 3. The molecule has 3 saturated heterocycles. The Kier molecular flexibility index (Phi) is 69.9. The molecule has 0 saturated carbocycles. The Balaban J connectivity index is -0.000000278. The van der Waals surface area contributed by atoms with E-state index >= 15 is 0 Å². The zero-order valence-electron chi connectivity index (χ0n) is 60.2. The Morgan fingerprint density at radius 2 is 1.13 bits per heavy atom. The van der Waals surface area contributed by atoms with Crippen LogP contribution in [0.4, 0.5) is 41.2 Å². The van der Waals surface area contributed by atoms with Gasteiger partial charge < -0.3 is 68.2 Å². The number of hydrogen-bond donors (Lipinski definition) is 6. The normalized spacial score (nSPS) is 12.4. The minimum atomic E-state index is -1.00. The Morgan fingerprint density at radius 1 is 0.725 bits per heavy atom. The molecule has 6 heterocycles. The van der Waals surface area contributed by atoms with E-state index in [0.29, 0.717) is 44.6 Å². The molecule has 0 unspecified atom stereocenters. The van der Waals surface area contributed by atoms with Crippen molar-refractivity contribution in [3.05, 3.63) is 102 Å². The number of piperazine rings is 3. The second kappa shape index (κ2) is 66.6. The molecule has 0 bridgehead atoms. The molecule has 8 N–H and O–H groups in total. The molecule has 21 radical (unpaired) electrons. The summed E-state index contributed by atoms with van der Waals surface area (Å²) >= 11 is 7.68. The first-order valence-corrected chi connectivity index (χ1v) is 34.0. The largest absolute Gasteiger partial charge is 1.00 e. The second-order valence-electron chi connectivity index (χ2n) is 20.5. The van der Waals surface area contributed by atoms with Gasteiger partial charge in [0.2, 0.25) is 11.8 Å². The van der Waals surface area contributed by atoms with Crippen LogP contribution in [0.3, 0.4) is 0 Å². The van der Waals surface area contributed by atoms with Gasteiger partial charge in [0.05, 0.1) is 30.9 Å². The number of benzene rings is 2. The number of carbonyl (C=O) groups is 5. The van der Waals surface area contributed by atoms with Crippen molar-refractivity contribution in [2.45, 2.75) is 28.2 Å². The smallest absolute Gasteiger partial charge is 1.00 e. The summed E-state index contributed by atoms with van der Waals surface area (Å²) in [6.07, 6.45) is 1.99. The summed E-state index contributed by atoms with van der Waals surface area (Å²) in [6, 6.07) is 13.2. The molecule has 509 valence electrons. The van der Waals surface area contributed by atoms with Gasteiger partial charge in [-0.25, -0.2) is 15.0 Å². The molecule has 23 nitrogen and oxygen atoms in total. The maximum absolute atomic E-state index is 12.5. The van der Waals surface area contributed by atoms with E-state index in [0.717, 1.165) is 80.3 Å². The van der Waals surface area contributed by atoms with E-state index in [1.165, 1.54) is 79.6 Å². The summed E-state index contributed by atoms with van der Waals surface area (Å²) in [7, 11) is 61.9. The van der Waals surface area contributed by atoms with Gasteiger partial charge in [0, 0.05) is 244 Å². The summed E-state index contributed by atoms with van der Waals surface area (Å²) in [5.41, 5.74) is 12.4. The van der Waals surface area contributed by atoms with Crippen molar-refractivity contribution in [1.29, 1.82) is 0 Å². The van der Waals surface area contributed by atoms with Crippen LogP contribution in [-0.4, -0.2) is 308 Å². The molecule has 3 aromatic heterocycles. The number of amides is 3. The number of hydrogen-bond acceptors (Lipinski definition) is 23. The fourth-order valence-electron chi connectivity index (χ4n) is 9.19. The first-order valence-electron chi connectivity index (χ1n) is 31.0. The number of nitrogens with two attached hydrogens (primary N) is 2. The van der Waals surface area contributed by atoms with Gasteiger partial charge in [0.25, 0.3) is 18.9 Å². The molecular weight excluding hydrogens is 1540 g/mol. The number of aromatic nitrogens is 3. The van der Waals surface area contributed by atoms with Crippen LogP contribution < -0.4 is 155 Å². The molecule has 3 aliphatic rings. The molecule has 3 fully saturated rings. The molecule has 102 heavy (non-hydrogen) atoms. The topological polar surface area (TPSA) is 294 Å². The number of nitrogens with one attached hydrogen (secondary N) is 4. The Hall–Kier alpha value is -1.34. The van der Waals surface area contributed by atoms with E-state index in [2.05, 4.69) is 134 Å². The van der Waals surface area contributed by atoms with E-state index in [-0.39, 0.29) is 153 Å². The van der Waals surface area contributed by atoms with Crippen LogP contribution in [0.25, 0.3) is 0 Å². The van der Waals surface area contributed by atoms with Crippen molar-refractivity contribution in [2.24, 2.45) is 4.74 Å². The summed E-state index contributed by atoms with van der Waals surface area (Å²) in [6.45, 7) is 30.2. The van der Waals surface area contributed by atoms with Gasteiger partial charge in [-0.05, 0) is 87.1 Å². The van der Waals surface area contributed by atoms with Crippen molar-refractivity contribution < 1.29 is 149 Å². The van der Waals surface area contributed by atoms with Crippen LogP contribution in [-0.2, 0) is 24.1 Å². The number of likely N-dealkylation sites (N-methyl/N-ethyl adjacent to an activating group) is 3. The average Bonchev–Trinajstić information content (AvgIpc) is 1.17. The Morgan fingerprint density at radius 3 is 1.47 bits per heavy atom. The minimum Gasteiger partial charge on any atom is -1.00 e. The molecule has 0 aliphatic carbocycles. The van der Waals surface area contributed by atoms with Crippen LogP contribution in [0.2, 0.25) is 0 Å². The second-order valence-corrected chi connectivity index (χ2v) is 25.4. The third kappa shape index (κ3) is 46.9. The minimum absolute atomic E-state index is 0. The van der Waals surface area contributed by atoms with Crippen molar-refractivity contribution in [3.63, 3.8) is 0 Å². The van der Waals surface area contributed by atoms with Gasteiger partial charge in [-0.1, -0.05) is 87.5 Å². The van der Waals surface area contributed by atoms with Gasteiger partial charge in [0.1, 0.15) is 15.8 Å². The van der Waals surface area contributed by atoms with Crippen molar-refractivity contribution in [1.82, 2.24) is 35.0 Å². The average molecular weight is 1620 g/mol. The molecular formula is C51H79B19Br2FK2N15O8PS3. The summed E-state index contributed by atoms with van der Waals surface area (Å²) in [4.78, 5) is 80.2. The molecule has 2 aromatic carbocycles. The van der Waals surface area contributed by atoms with E-state index in [1.54, 1.807) is 67.0 Å². The van der Waals surface area contributed by atoms with Crippen LogP contribution in [0.1, 0.15) is 41.4 Å². The molecule has 8 rings (SSSR count). The van der Waals surface area contributed by atoms with E-state index < -0.39 is 58.2 Å². The third-order valence-electron chi connectivity index (χ3n) is 14.1. The monoisotopic (exact) mass is 1620 g/mol. The van der Waals surface area contributed by atoms with Crippen molar-refractivity contribution >= 4 is 279 Å². The predicted molar refractivity (Wildman–Crippen MR) is 450 cm³/mol. The number of anilines is 7. The molecule has 5 aromatic rings. The zero-order chi connectivity index (χ0) is 74.8. The molecule has 51 heteroatoms. The molecule has 0 spiro atoms. The number of nitrogens with zero attached hydrogens (tertiary/aromatic N) is 9. The first kappa shape index (κ1) is 107. The van der Waals surface area contributed by atoms with Crippen LogP contribution in [0, 0.1) is 0 Å². The number of rotatable bonds is 22. The fraction of sp³-hybridized carbons (Fsp3) is 0.412. The van der Waals surface area contributed by atoms with Gasteiger partial charge in [-0.2, -0.15) is 0 Å². The maximum atomic E-state index is 12.5. The Labute approximate surface area is 743 Å². The first-order chi connectivity index (χ1) is 47.2. The van der Waals surface area contributed by atoms with Crippen LogP contribution in [0.5, 0.6) is 5.75 Å². The van der Waals surface area contributed by atoms with E-state index in [4.69, 9.17) is 100 Å². The van der Waals surface area contributed by atoms with E-state index in [9.17, 15) is 23.6 Å². The van der Waals surface area contributed by atoms with Crippen LogP contribution in [0.15, 0.2) is 101 Å². The Bertz CT molecular complexity index is 3040. The molecule has 3 amide bonds. The maximum Gasteiger partial charge on any atom is 1.00 e. The number of carbonyl (C=O) groups excluding carboxylic acids is 5. The van der Waals surface area contributed by atoms with Crippen molar-refractivity contribution in [3.8, 4) is 5.75 Å².